The third kappa shape index (κ3) is 5.05. The topological polar surface area (TPSA) is 79.5 Å². The lowest BCUT2D eigenvalue weighted by atomic mass is 9.76. The Morgan fingerprint density at radius 3 is 2.03 bits per heavy atom. The minimum Gasteiger partial charge on any atom is -0.372 e. The first kappa shape index (κ1) is 26.0. The quantitative estimate of drug-likeness (QED) is 0.400. The van der Waals surface area contributed by atoms with Crippen LogP contribution < -0.4 is 16.0 Å². The van der Waals surface area contributed by atoms with Gasteiger partial charge in [0.1, 0.15) is 5.54 Å². The molecule has 2 fully saturated rings. The van der Waals surface area contributed by atoms with Crippen molar-refractivity contribution >= 4 is 11.9 Å². The van der Waals surface area contributed by atoms with E-state index in [9.17, 15) is 35.9 Å². The summed E-state index contributed by atoms with van der Waals surface area (Å²) >= 11 is 0. The molecule has 0 bridgehead atoms. The van der Waals surface area contributed by atoms with Crippen LogP contribution in [0.5, 0.6) is 0 Å². The highest BCUT2D eigenvalue weighted by Gasteiger charge is 2.52. The van der Waals surface area contributed by atoms with Crippen LogP contribution in [-0.4, -0.2) is 30.6 Å². The average molecular weight is 515 g/mol. The number of rotatable bonds is 5. The highest BCUT2D eigenvalue weighted by Crippen LogP contribution is 2.40. The van der Waals surface area contributed by atoms with Gasteiger partial charge < -0.3 is 15.4 Å². The van der Waals surface area contributed by atoms with Crippen molar-refractivity contribution in [3.05, 3.63) is 70.8 Å². The Hall–Kier alpha value is -3.12. The van der Waals surface area contributed by atoms with E-state index in [1.807, 2.05) is 0 Å². The van der Waals surface area contributed by atoms with Gasteiger partial charge >= 0.3 is 18.4 Å². The molecule has 6 nitrogen and oxygen atoms in total. The standard InChI is InChI=1S/C24H23F6N3O3/c1-14(15-9-17(23(25,26)27)11-18(10-15)24(28,29)30)36-13-22(16-5-3-2-4-6-16)8-7-21(12-31-22)19(34)32-20(35)33-21/h2-6,9-11,14,31H,7-8,12-13H2,1H3,(H2,32,33,34,35)/t14?,21-,22?/m1/s1. The van der Waals surface area contributed by atoms with Crippen molar-refractivity contribution in [2.75, 3.05) is 13.2 Å². The van der Waals surface area contributed by atoms with E-state index in [1.165, 1.54) is 6.92 Å². The molecular weight excluding hydrogens is 492 g/mol. The molecule has 2 aromatic rings. The molecule has 3 atom stereocenters. The summed E-state index contributed by atoms with van der Waals surface area (Å²) in [7, 11) is 0. The van der Waals surface area contributed by atoms with E-state index in [-0.39, 0.29) is 31.2 Å². The Labute approximate surface area is 202 Å². The second kappa shape index (κ2) is 9.07. The van der Waals surface area contributed by atoms with Crippen LogP contribution in [0.1, 0.15) is 48.1 Å². The first-order valence-electron chi connectivity index (χ1n) is 11.1. The molecule has 2 heterocycles. The van der Waals surface area contributed by atoms with Gasteiger partial charge in [-0.15, -0.1) is 0 Å². The number of carbonyl (C=O) groups excluding carboxylic acids is 2. The Bertz CT molecular complexity index is 1110. The van der Waals surface area contributed by atoms with Gasteiger partial charge in [0.25, 0.3) is 5.91 Å². The first-order chi connectivity index (χ1) is 16.7. The van der Waals surface area contributed by atoms with Gasteiger partial charge in [0.15, 0.2) is 0 Å². The van der Waals surface area contributed by atoms with E-state index in [4.69, 9.17) is 4.74 Å². The Morgan fingerprint density at radius 1 is 0.944 bits per heavy atom. The highest BCUT2D eigenvalue weighted by atomic mass is 19.4. The molecule has 2 aliphatic heterocycles. The van der Waals surface area contributed by atoms with Crippen LogP contribution in [0.15, 0.2) is 48.5 Å². The van der Waals surface area contributed by atoms with Gasteiger partial charge in [-0.05, 0) is 49.1 Å². The molecule has 3 N–H and O–H groups in total. The minimum absolute atomic E-state index is 0.0546. The van der Waals surface area contributed by atoms with Crippen LogP contribution in [0.4, 0.5) is 31.1 Å². The largest absolute Gasteiger partial charge is 0.416 e. The Balaban J connectivity index is 1.59. The predicted molar refractivity (Wildman–Crippen MR) is 116 cm³/mol. The van der Waals surface area contributed by atoms with Crippen LogP contribution in [-0.2, 0) is 27.4 Å². The number of imide groups is 1. The second-order valence-corrected chi connectivity index (χ2v) is 9.08. The molecular formula is C24H23F6N3O3. The molecule has 36 heavy (non-hydrogen) atoms. The van der Waals surface area contributed by atoms with E-state index in [2.05, 4.69) is 16.0 Å². The number of piperidine rings is 1. The lowest BCUT2D eigenvalue weighted by Gasteiger charge is -2.45. The summed E-state index contributed by atoms with van der Waals surface area (Å²) in [6, 6.07) is 9.72. The van der Waals surface area contributed by atoms with E-state index >= 15 is 0 Å². The Kier molecular flexibility index (Phi) is 6.54. The fourth-order valence-corrected chi connectivity index (χ4v) is 4.54. The number of urea groups is 1. The molecule has 2 aromatic carbocycles. The van der Waals surface area contributed by atoms with Crippen LogP contribution in [0, 0.1) is 0 Å². The molecule has 3 amide bonds. The summed E-state index contributed by atoms with van der Waals surface area (Å²) in [4.78, 5) is 24.0. The van der Waals surface area contributed by atoms with Gasteiger partial charge in [-0.1, -0.05) is 30.3 Å². The number of benzene rings is 2. The highest BCUT2D eigenvalue weighted by molar-refractivity contribution is 6.07. The van der Waals surface area contributed by atoms with Crippen LogP contribution in [0.25, 0.3) is 0 Å². The number of nitrogens with one attached hydrogen (secondary N) is 3. The number of hydrogen-bond donors (Lipinski definition) is 3. The van der Waals surface area contributed by atoms with Crippen molar-refractivity contribution in [2.24, 2.45) is 0 Å². The molecule has 12 heteroatoms. The number of amides is 3. The number of ether oxygens (including phenoxy) is 1. The van der Waals surface area contributed by atoms with E-state index < -0.39 is 52.6 Å². The van der Waals surface area contributed by atoms with Crippen LogP contribution >= 0.6 is 0 Å². The summed E-state index contributed by atoms with van der Waals surface area (Å²) in [5.41, 5.74) is -4.39. The number of alkyl halides is 6. The third-order valence-corrected chi connectivity index (χ3v) is 6.71. The summed E-state index contributed by atoms with van der Waals surface area (Å²) in [6.45, 7) is 1.32. The van der Waals surface area contributed by atoms with Crippen molar-refractivity contribution in [2.45, 2.75) is 49.3 Å². The van der Waals surface area contributed by atoms with E-state index in [0.717, 1.165) is 5.56 Å². The van der Waals surface area contributed by atoms with Gasteiger partial charge in [0, 0.05) is 6.54 Å². The molecule has 2 aliphatic rings. The molecule has 0 aliphatic carbocycles. The molecule has 0 aromatic heterocycles. The fourth-order valence-electron chi connectivity index (χ4n) is 4.54. The monoisotopic (exact) mass is 515 g/mol. The van der Waals surface area contributed by atoms with Crippen molar-refractivity contribution in [1.29, 1.82) is 0 Å². The molecule has 2 saturated heterocycles. The zero-order valence-corrected chi connectivity index (χ0v) is 19.0. The SMILES string of the molecule is CC(OCC1(c2ccccc2)CC[C@]2(CN1)NC(=O)NC2=O)c1cc(C(F)(F)F)cc(C(F)(F)F)c1. The fraction of sp³-hybridized carbons (Fsp3) is 0.417. The molecule has 2 unspecified atom stereocenters. The van der Waals surface area contributed by atoms with Crippen molar-refractivity contribution in [3.63, 3.8) is 0 Å². The van der Waals surface area contributed by atoms with Crippen LogP contribution in [0.3, 0.4) is 0 Å². The summed E-state index contributed by atoms with van der Waals surface area (Å²) in [5, 5.41) is 8.08. The summed E-state index contributed by atoms with van der Waals surface area (Å²) < 4.78 is 85.6. The lowest BCUT2D eigenvalue weighted by molar-refractivity contribution is -0.143. The number of halogens is 6. The summed E-state index contributed by atoms with van der Waals surface area (Å²) in [6.07, 6.45) is -10.5. The minimum atomic E-state index is -4.97. The summed E-state index contributed by atoms with van der Waals surface area (Å²) in [5.74, 6) is -0.473. The second-order valence-electron chi connectivity index (χ2n) is 9.08. The maximum atomic E-state index is 13.3. The van der Waals surface area contributed by atoms with Gasteiger partial charge in [-0.2, -0.15) is 26.3 Å². The molecule has 194 valence electrons. The lowest BCUT2D eigenvalue weighted by Crippen LogP contribution is -2.64. The maximum Gasteiger partial charge on any atom is 0.416 e. The Morgan fingerprint density at radius 2 is 1.56 bits per heavy atom. The van der Waals surface area contributed by atoms with Crippen molar-refractivity contribution in [3.8, 4) is 0 Å². The number of carbonyl (C=O) groups is 2. The van der Waals surface area contributed by atoms with E-state index in [0.29, 0.717) is 18.6 Å². The third-order valence-electron chi connectivity index (χ3n) is 6.71. The van der Waals surface area contributed by atoms with E-state index in [1.54, 1.807) is 30.3 Å². The van der Waals surface area contributed by atoms with Gasteiger partial charge in [-0.3, -0.25) is 10.1 Å². The predicted octanol–water partition coefficient (Wildman–Crippen LogP) is 4.66. The smallest absolute Gasteiger partial charge is 0.372 e. The molecule has 0 saturated carbocycles. The molecule has 0 radical (unpaired) electrons. The molecule has 1 spiro atoms. The average Bonchev–Trinajstić information content (AvgIpc) is 3.10. The zero-order chi connectivity index (χ0) is 26.4. The van der Waals surface area contributed by atoms with Gasteiger partial charge in [0.2, 0.25) is 0 Å². The zero-order valence-electron chi connectivity index (χ0n) is 19.0. The molecule has 4 rings (SSSR count). The van der Waals surface area contributed by atoms with Crippen molar-refractivity contribution in [1.82, 2.24) is 16.0 Å². The van der Waals surface area contributed by atoms with Crippen molar-refractivity contribution < 1.29 is 40.7 Å². The van der Waals surface area contributed by atoms with Crippen LogP contribution in [0.2, 0.25) is 0 Å². The normalized spacial score (nSPS) is 25.5. The van der Waals surface area contributed by atoms with Gasteiger partial charge in [0.05, 0.1) is 29.4 Å². The number of hydrogen-bond acceptors (Lipinski definition) is 4. The maximum absolute atomic E-state index is 13.3. The first-order valence-corrected chi connectivity index (χ1v) is 11.1. The van der Waals surface area contributed by atoms with Gasteiger partial charge in [-0.25, -0.2) is 4.79 Å².